The number of imide groups is 1. The van der Waals surface area contributed by atoms with E-state index in [2.05, 4.69) is 10.6 Å². The molecular formula is C26H23N3O7S. The summed E-state index contributed by atoms with van der Waals surface area (Å²) in [5, 5.41) is 6.42. The molecule has 37 heavy (non-hydrogen) atoms. The van der Waals surface area contributed by atoms with Gasteiger partial charge in [-0.25, -0.2) is 0 Å². The van der Waals surface area contributed by atoms with Gasteiger partial charge in [-0.05, 0) is 53.6 Å². The fourth-order valence-corrected chi connectivity index (χ4v) is 5.21. The fourth-order valence-electron chi connectivity index (χ4n) is 4.85. The standard InChI is InChI=1S/C26H23N3O7S/c30-22-11-10-21(25(32)28-22)29-20-9-8-17(18-2-1-3-19(23(18)20)26(29)33)14-15-4-6-16(7-5-15)24(31)27-12-13-37(34,35)36/h1-9,21H,10-14H2,(H,27,31)(H,28,30,32)(H,34,35,36)/t21-/m0/s1. The van der Waals surface area contributed by atoms with Crippen molar-refractivity contribution in [2.45, 2.75) is 25.3 Å². The summed E-state index contributed by atoms with van der Waals surface area (Å²) in [6.45, 7) is -0.200. The molecule has 2 aliphatic heterocycles. The van der Waals surface area contributed by atoms with Crippen LogP contribution in [0, 0.1) is 0 Å². The number of carbonyl (C=O) groups is 4. The van der Waals surface area contributed by atoms with Crippen LogP contribution in [0.15, 0.2) is 54.6 Å². The molecule has 3 aromatic carbocycles. The van der Waals surface area contributed by atoms with E-state index >= 15 is 0 Å². The zero-order chi connectivity index (χ0) is 26.3. The Morgan fingerprint density at radius 1 is 1.05 bits per heavy atom. The van der Waals surface area contributed by atoms with E-state index in [1.54, 1.807) is 36.4 Å². The van der Waals surface area contributed by atoms with Gasteiger partial charge in [0.1, 0.15) is 6.04 Å². The van der Waals surface area contributed by atoms with Crippen LogP contribution in [0.4, 0.5) is 5.69 Å². The second-order valence-corrected chi connectivity index (χ2v) is 10.6. The largest absolute Gasteiger partial charge is 0.351 e. The first-order valence-corrected chi connectivity index (χ1v) is 13.3. The lowest BCUT2D eigenvalue weighted by atomic mass is 9.95. The Kier molecular flexibility index (Phi) is 6.26. The lowest BCUT2D eigenvalue weighted by molar-refractivity contribution is -0.134. The van der Waals surface area contributed by atoms with Gasteiger partial charge in [0, 0.05) is 29.5 Å². The maximum absolute atomic E-state index is 13.3. The first-order valence-electron chi connectivity index (χ1n) is 11.7. The van der Waals surface area contributed by atoms with Crippen LogP contribution in [0.25, 0.3) is 10.8 Å². The Bertz CT molecular complexity index is 1570. The van der Waals surface area contributed by atoms with Gasteiger partial charge in [0.15, 0.2) is 0 Å². The normalized spacial score (nSPS) is 17.3. The van der Waals surface area contributed by atoms with Crippen molar-refractivity contribution in [2.75, 3.05) is 17.2 Å². The second kappa shape index (κ2) is 9.41. The Morgan fingerprint density at radius 3 is 2.51 bits per heavy atom. The van der Waals surface area contributed by atoms with Crippen LogP contribution >= 0.6 is 0 Å². The van der Waals surface area contributed by atoms with E-state index in [-0.39, 0.29) is 31.2 Å². The lowest BCUT2D eigenvalue weighted by Gasteiger charge is -2.30. The maximum Gasteiger partial charge on any atom is 0.266 e. The first kappa shape index (κ1) is 24.6. The minimum atomic E-state index is -4.15. The number of piperidine rings is 1. The van der Waals surface area contributed by atoms with Crippen molar-refractivity contribution in [3.63, 3.8) is 0 Å². The summed E-state index contributed by atoms with van der Waals surface area (Å²) in [4.78, 5) is 51.1. The van der Waals surface area contributed by atoms with Gasteiger partial charge < -0.3 is 5.32 Å². The third-order valence-electron chi connectivity index (χ3n) is 6.60. The van der Waals surface area contributed by atoms with Gasteiger partial charge >= 0.3 is 0 Å². The molecule has 1 saturated heterocycles. The molecule has 10 nitrogen and oxygen atoms in total. The third kappa shape index (κ3) is 4.83. The summed E-state index contributed by atoms with van der Waals surface area (Å²) in [7, 11) is -4.15. The molecule has 2 aliphatic rings. The molecule has 190 valence electrons. The Morgan fingerprint density at radius 2 is 1.81 bits per heavy atom. The van der Waals surface area contributed by atoms with Crippen LogP contribution in [0.1, 0.15) is 44.7 Å². The number of nitrogens with zero attached hydrogens (tertiary/aromatic N) is 1. The fraction of sp³-hybridized carbons (Fsp3) is 0.231. The number of nitrogens with one attached hydrogen (secondary N) is 2. The Balaban J connectivity index is 1.38. The number of anilines is 1. The van der Waals surface area contributed by atoms with E-state index in [1.165, 1.54) is 4.90 Å². The molecule has 5 rings (SSSR count). The van der Waals surface area contributed by atoms with E-state index in [9.17, 15) is 27.6 Å². The Hall–Kier alpha value is -4.09. The van der Waals surface area contributed by atoms with Gasteiger partial charge in [-0.2, -0.15) is 8.42 Å². The molecule has 0 saturated carbocycles. The number of carbonyl (C=O) groups excluding carboxylic acids is 4. The summed E-state index contributed by atoms with van der Waals surface area (Å²) in [6, 6.07) is 15.3. The van der Waals surface area contributed by atoms with Crippen molar-refractivity contribution in [1.82, 2.24) is 10.6 Å². The van der Waals surface area contributed by atoms with Gasteiger partial charge in [0.25, 0.3) is 21.9 Å². The molecule has 0 bridgehead atoms. The molecule has 2 heterocycles. The molecule has 3 N–H and O–H groups in total. The van der Waals surface area contributed by atoms with Crippen molar-refractivity contribution in [1.29, 1.82) is 0 Å². The summed E-state index contributed by atoms with van der Waals surface area (Å²) in [5.74, 6) is -2.10. The summed E-state index contributed by atoms with van der Waals surface area (Å²) in [6.07, 6.45) is 0.965. The van der Waals surface area contributed by atoms with Gasteiger partial charge in [0.2, 0.25) is 11.8 Å². The molecule has 1 fully saturated rings. The summed E-state index contributed by atoms with van der Waals surface area (Å²) >= 11 is 0. The van der Waals surface area contributed by atoms with Crippen molar-refractivity contribution in [2.24, 2.45) is 0 Å². The minimum absolute atomic E-state index is 0.173. The molecular weight excluding hydrogens is 498 g/mol. The average Bonchev–Trinajstić information content (AvgIpc) is 3.13. The minimum Gasteiger partial charge on any atom is -0.351 e. The zero-order valence-electron chi connectivity index (χ0n) is 19.6. The molecule has 0 spiro atoms. The van der Waals surface area contributed by atoms with Crippen molar-refractivity contribution in [3.05, 3.63) is 76.9 Å². The van der Waals surface area contributed by atoms with Crippen LogP contribution in [0.5, 0.6) is 0 Å². The van der Waals surface area contributed by atoms with Crippen LogP contribution < -0.4 is 15.5 Å². The molecule has 4 amide bonds. The molecule has 3 aromatic rings. The van der Waals surface area contributed by atoms with Gasteiger partial charge in [-0.1, -0.05) is 30.3 Å². The SMILES string of the molecule is O=C1CC[C@H](N2C(=O)c3cccc4c(Cc5ccc(C(=O)NCCS(=O)(=O)O)cc5)ccc2c34)C(=O)N1. The Labute approximate surface area is 212 Å². The van der Waals surface area contributed by atoms with Crippen molar-refractivity contribution < 1.29 is 32.1 Å². The quantitative estimate of drug-likeness (QED) is 0.317. The van der Waals surface area contributed by atoms with Crippen LogP contribution in [0.2, 0.25) is 0 Å². The van der Waals surface area contributed by atoms with E-state index in [1.807, 2.05) is 18.2 Å². The molecule has 0 radical (unpaired) electrons. The highest BCUT2D eigenvalue weighted by Crippen LogP contribution is 2.41. The van der Waals surface area contributed by atoms with Crippen LogP contribution in [0.3, 0.4) is 0 Å². The number of rotatable bonds is 7. The molecule has 0 unspecified atom stereocenters. The predicted octanol–water partition coefficient (Wildman–Crippen LogP) is 1.81. The molecule has 1 atom stereocenters. The topological polar surface area (TPSA) is 150 Å². The number of benzene rings is 3. The summed E-state index contributed by atoms with van der Waals surface area (Å²) < 4.78 is 30.4. The van der Waals surface area contributed by atoms with Gasteiger partial charge in [-0.15, -0.1) is 0 Å². The zero-order valence-corrected chi connectivity index (χ0v) is 20.4. The predicted molar refractivity (Wildman–Crippen MR) is 135 cm³/mol. The number of amides is 4. The lowest BCUT2D eigenvalue weighted by Crippen LogP contribution is -2.53. The second-order valence-electron chi connectivity index (χ2n) is 9.03. The van der Waals surface area contributed by atoms with Crippen LogP contribution in [-0.4, -0.2) is 54.9 Å². The van der Waals surface area contributed by atoms with Gasteiger partial charge in [0.05, 0.1) is 11.4 Å². The van der Waals surface area contributed by atoms with Crippen molar-refractivity contribution in [3.8, 4) is 0 Å². The van der Waals surface area contributed by atoms with E-state index in [0.29, 0.717) is 23.2 Å². The third-order valence-corrected chi connectivity index (χ3v) is 7.32. The van der Waals surface area contributed by atoms with E-state index in [4.69, 9.17) is 4.55 Å². The monoisotopic (exact) mass is 521 g/mol. The molecule has 11 heteroatoms. The van der Waals surface area contributed by atoms with E-state index in [0.717, 1.165) is 21.9 Å². The smallest absolute Gasteiger partial charge is 0.266 e. The van der Waals surface area contributed by atoms with Crippen molar-refractivity contribution >= 4 is 50.2 Å². The highest BCUT2D eigenvalue weighted by atomic mass is 32.2. The first-order chi connectivity index (χ1) is 17.6. The molecule has 0 aromatic heterocycles. The average molecular weight is 522 g/mol. The summed E-state index contributed by atoms with van der Waals surface area (Å²) in [5.41, 5.74) is 3.39. The molecule has 0 aliphatic carbocycles. The highest BCUT2D eigenvalue weighted by Gasteiger charge is 2.40. The van der Waals surface area contributed by atoms with Crippen LogP contribution in [-0.2, 0) is 26.1 Å². The number of hydrogen-bond donors (Lipinski definition) is 3. The number of hydrogen-bond acceptors (Lipinski definition) is 6. The highest BCUT2D eigenvalue weighted by molar-refractivity contribution is 7.85. The maximum atomic E-state index is 13.3. The van der Waals surface area contributed by atoms with Gasteiger partial charge in [-0.3, -0.25) is 33.9 Å². The van der Waals surface area contributed by atoms with E-state index < -0.39 is 33.7 Å².